The molecule has 36 heavy (non-hydrogen) atoms. The third-order valence-corrected chi connectivity index (χ3v) is 7.97. The van der Waals surface area contributed by atoms with Crippen molar-refractivity contribution < 1.29 is 13.2 Å². The molecule has 1 amide bonds. The highest BCUT2D eigenvalue weighted by Gasteiger charge is 2.39. The highest BCUT2D eigenvalue weighted by Crippen LogP contribution is 2.39. The number of nitrogens with zero attached hydrogens (tertiary/aromatic N) is 4. The Morgan fingerprint density at radius 1 is 1.14 bits per heavy atom. The SMILES string of the molecule is C[C@@H]1CN(c2nc(-c3ccccc3Cl)ccc2C(=O)NS(=O)(=O)c2cccnc2N(C)C)C(C)(C)C1. The van der Waals surface area contributed by atoms with Crippen LogP contribution in [0.1, 0.15) is 37.6 Å². The van der Waals surface area contributed by atoms with Gasteiger partial charge in [-0.3, -0.25) is 4.79 Å². The minimum Gasteiger partial charge on any atom is -0.362 e. The number of sulfonamides is 1. The van der Waals surface area contributed by atoms with Crippen LogP contribution in [0.2, 0.25) is 5.02 Å². The molecule has 0 bridgehead atoms. The summed E-state index contributed by atoms with van der Waals surface area (Å²) in [5.41, 5.74) is 1.23. The number of rotatable bonds is 6. The van der Waals surface area contributed by atoms with E-state index in [0.29, 0.717) is 29.0 Å². The molecule has 0 aliphatic carbocycles. The van der Waals surface area contributed by atoms with Crippen LogP contribution in [0.3, 0.4) is 0 Å². The highest BCUT2D eigenvalue weighted by atomic mass is 35.5. The van der Waals surface area contributed by atoms with Crippen LogP contribution in [0.15, 0.2) is 59.6 Å². The monoisotopic (exact) mass is 527 g/mol. The second-order valence-electron chi connectivity index (χ2n) is 9.93. The van der Waals surface area contributed by atoms with Gasteiger partial charge in [0, 0.05) is 43.0 Å². The molecule has 0 saturated carbocycles. The van der Waals surface area contributed by atoms with Crippen molar-refractivity contribution in [3.05, 3.63) is 65.3 Å². The third-order valence-electron chi connectivity index (χ3n) is 6.29. The lowest BCUT2D eigenvalue weighted by molar-refractivity contribution is 0.0981. The van der Waals surface area contributed by atoms with Crippen molar-refractivity contribution >= 4 is 39.2 Å². The number of benzene rings is 1. The van der Waals surface area contributed by atoms with E-state index < -0.39 is 15.9 Å². The van der Waals surface area contributed by atoms with Crippen molar-refractivity contribution in [1.29, 1.82) is 0 Å². The zero-order valence-corrected chi connectivity index (χ0v) is 22.6. The molecule has 190 valence electrons. The molecule has 2 aromatic heterocycles. The standard InChI is InChI=1S/C26H30ClN5O3S/c1-17-15-26(2,3)32(16-17)23-19(12-13-21(29-23)18-9-6-7-10-20(18)27)25(33)30-36(34,35)22-11-8-14-28-24(22)31(4)5/h6-14,17H,15-16H2,1-5H3,(H,30,33)/t17-/m0/s1. The van der Waals surface area contributed by atoms with Crippen LogP contribution in [0.4, 0.5) is 11.6 Å². The van der Waals surface area contributed by atoms with Crippen molar-refractivity contribution in [2.45, 2.75) is 37.6 Å². The second-order valence-corrected chi connectivity index (χ2v) is 12.0. The van der Waals surface area contributed by atoms with Crippen LogP contribution in [0, 0.1) is 5.92 Å². The summed E-state index contributed by atoms with van der Waals surface area (Å²) >= 11 is 6.43. The number of anilines is 2. The van der Waals surface area contributed by atoms with Gasteiger partial charge in [-0.15, -0.1) is 0 Å². The molecule has 3 heterocycles. The van der Waals surface area contributed by atoms with E-state index >= 15 is 0 Å². The van der Waals surface area contributed by atoms with Crippen LogP contribution < -0.4 is 14.5 Å². The van der Waals surface area contributed by atoms with Gasteiger partial charge in [0.15, 0.2) is 0 Å². The number of carbonyl (C=O) groups is 1. The van der Waals surface area contributed by atoms with E-state index in [1.807, 2.05) is 18.2 Å². The number of aromatic nitrogens is 2. The van der Waals surface area contributed by atoms with Gasteiger partial charge in [-0.1, -0.05) is 36.7 Å². The quantitative estimate of drug-likeness (QED) is 0.500. The molecule has 1 aromatic carbocycles. The van der Waals surface area contributed by atoms with Crippen LogP contribution in [0.25, 0.3) is 11.3 Å². The maximum Gasteiger partial charge on any atom is 0.268 e. The zero-order chi connectivity index (χ0) is 26.3. The van der Waals surface area contributed by atoms with Gasteiger partial charge in [0.1, 0.15) is 16.5 Å². The van der Waals surface area contributed by atoms with E-state index in [1.54, 1.807) is 37.2 Å². The Balaban J connectivity index is 1.79. The summed E-state index contributed by atoms with van der Waals surface area (Å²) in [5, 5.41) is 0.539. The summed E-state index contributed by atoms with van der Waals surface area (Å²) in [5.74, 6) is 0.281. The van der Waals surface area contributed by atoms with Crippen LogP contribution >= 0.6 is 11.6 Å². The van der Waals surface area contributed by atoms with E-state index in [9.17, 15) is 13.2 Å². The van der Waals surface area contributed by atoms with Gasteiger partial charge in [0.25, 0.3) is 15.9 Å². The zero-order valence-electron chi connectivity index (χ0n) is 21.0. The van der Waals surface area contributed by atoms with Crippen LogP contribution in [-0.4, -0.2) is 50.5 Å². The molecule has 4 rings (SSSR count). The summed E-state index contributed by atoms with van der Waals surface area (Å²) in [4.78, 5) is 26.1. The minimum absolute atomic E-state index is 0.0827. The first-order valence-electron chi connectivity index (χ1n) is 11.6. The Bertz CT molecular complexity index is 1410. The lowest BCUT2D eigenvalue weighted by atomic mass is 9.97. The molecular formula is C26H30ClN5O3S. The van der Waals surface area contributed by atoms with Crippen LogP contribution in [0.5, 0.6) is 0 Å². The van der Waals surface area contributed by atoms with Gasteiger partial charge >= 0.3 is 0 Å². The molecule has 0 spiro atoms. The first-order chi connectivity index (χ1) is 16.9. The molecule has 8 nitrogen and oxygen atoms in total. The summed E-state index contributed by atoms with van der Waals surface area (Å²) in [6, 6.07) is 13.6. The fourth-order valence-corrected chi connectivity index (χ4v) is 6.20. The number of nitrogens with one attached hydrogen (secondary N) is 1. The number of pyridine rings is 2. The highest BCUT2D eigenvalue weighted by molar-refractivity contribution is 7.90. The van der Waals surface area contributed by atoms with Gasteiger partial charge < -0.3 is 9.80 Å². The van der Waals surface area contributed by atoms with E-state index in [-0.39, 0.29) is 21.8 Å². The van der Waals surface area contributed by atoms with Crippen molar-refractivity contribution in [3.8, 4) is 11.3 Å². The molecule has 1 atom stereocenters. The number of carbonyl (C=O) groups excluding carboxylic acids is 1. The average molecular weight is 528 g/mol. The van der Waals surface area contributed by atoms with Crippen molar-refractivity contribution in [1.82, 2.24) is 14.7 Å². The fourth-order valence-electron chi connectivity index (χ4n) is 4.77. The molecule has 0 radical (unpaired) electrons. The third kappa shape index (κ3) is 5.03. The van der Waals surface area contributed by atoms with Gasteiger partial charge in [-0.05, 0) is 56.5 Å². The summed E-state index contributed by atoms with van der Waals surface area (Å²) in [7, 11) is -0.824. The summed E-state index contributed by atoms with van der Waals surface area (Å²) < 4.78 is 28.7. The maximum absolute atomic E-state index is 13.5. The van der Waals surface area contributed by atoms with Gasteiger partial charge in [-0.25, -0.2) is 23.1 Å². The topological polar surface area (TPSA) is 95.5 Å². The summed E-state index contributed by atoms with van der Waals surface area (Å²) in [6.07, 6.45) is 2.41. The number of amides is 1. The van der Waals surface area contributed by atoms with Crippen LogP contribution in [-0.2, 0) is 10.0 Å². The molecule has 1 aliphatic rings. The largest absolute Gasteiger partial charge is 0.362 e. The van der Waals surface area contributed by atoms with Crippen molar-refractivity contribution in [2.24, 2.45) is 5.92 Å². The van der Waals surface area contributed by atoms with Gasteiger partial charge in [0.05, 0.1) is 11.3 Å². The molecule has 1 fully saturated rings. The average Bonchev–Trinajstić information content (AvgIpc) is 3.10. The maximum atomic E-state index is 13.5. The molecule has 1 saturated heterocycles. The normalized spacial score (nSPS) is 17.2. The predicted octanol–water partition coefficient (Wildman–Crippen LogP) is 4.61. The second kappa shape index (κ2) is 9.71. The fraction of sp³-hybridized carbons (Fsp3) is 0.346. The molecule has 1 aliphatic heterocycles. The predicted molar refractivity (Wildman–Crippen MR) is 143 cm³/mol. The Labute approximate surface area is 217 Å². The number of hydrogen-bond donors (Lipinski definition) is 1. The lowest BCUT2D eigenvalue weighted by Crippen LogP contribution is -2.41. The number of hydrogen-bond acceptors (Lipinski definition) is 7. The van der Waals surface area contributed by atoms with Crippen molar-refractivity contribution in [3.63, 3.8) is 0 Å². The molecule has 0 unspecified atom stereocenters. The molecule has 3 aromatic rings. The molecule has 1 N–H and O–H groups in total. The van der Waals surface area contributed by atoms with Crippen molar-refractivity contribution in [2.75, 3.05) is 30.4 Å². The Morgan fingerprint density at radius 2 is 1.86 bits per heavy atom. The Kier molecular flexibility index (Phi) is 6.99. The molecular weight excluding hydrogens is 498 g/mol. The van der Waals surface area contributed by atoms with E-state index in [4.69, 9.17) is 16.6 Å². The smallest absolute Gasteiger partial charge is 0.268 e. The number of halogens is 1. The van der Waals surface area contributed by atoms with Gasteiger partial charge in [0.2, 0.25) is 0 Å². The lowest BCUT2D eigenvalue weighted by Gasteiger charge is -2.34. The first kappa shape index (κ1) is 25.9. The molecule has 10 heteroatoms. The minimum atomic E-state index is -4.20. The first-order valence-corrected chi connectivity index (χ1v) is 13.5. The van der Waals surface area contributed by atoms with E-state index in [2.05, 4.69) is 35.4 Å². The van der Waals surface area contributed by atoms with Gasteiger partial charge in [-0.2, -0.15) is 0 Å². The van der Waals surface area contributed by atoms with E-state index in [0.717, 1.165) is 12.0 Å². The Hall–Kier alpha value is -3.17. The Morgan fingerprint density at radius 3 is 2.50 bits per heavy atom. The summed E-state index contributed by atoms with van der Waals surface area (Å²) in [6.45, 7) is 7.02. The van der Waals surface area contributed by atoms with E-state index in [1.165, 1.54) is 18.3 Å².